The van der Waals surface area contributed by atoms with Crippen LogP contribution in [0.1, 0.15) is 10.4 Å². The van der Waals surface area contributed by atoms with Gasteiger partial charge in [0.05, 0.1) is 23.3 Å². The summed E-state index contributed by atoms with van der Waals surface area (Å²) in [6.07, 6.45) is 3.00. The quantitative estimate of drug-likeness (QED) is 0.566. The van der Waals surface area contributed by atoms with Crippen molar-refractivity contribution in [3.63, 3.8) is 0 Å². The number of hydrogen-bond acceptors (Lipinski definition) is 7. The van der Waals surface area contributed by atoms with Gasteiger partial charge in [-0.15, -0.1) is 10.2 Å². The average molecular weight is 324 g/mol. The van der Waals surface area contributed by atoms with Crippen molar-refractivity contribution >= 4 is 44.7 Å². The zero-order chi connectivity index (χ0) is 16.4. The number of aromatic nitrogens is 2. The van der Waals surface area contributed by atoms with E-state index in [9.17, 15) is 9.90 Å². The highest BCUT2D eigenvalue weighted by Gasteiger charge is 2.11. The number of carbonyl (C=O) groups excluding carboxylic acids is 1. The molecule has 3 rings (SSSR count). The van der Waals surface area contributed by atoms with Crippen molar-refractivity contribution in [2.75, 3.05) is 0 Å². The van der Waals surface area contributed by atoms with Crippen LogP contribution < -0.4 is 5.73 Å². The van der Waals surface area contributed by atoms with E-state index in [1.165, 1.54) is 24.4 Å². The summed E-state index contributed by atoms with van der Waals surface area (Å²) < 4.78 is 4.18. The van der Waals surface area contributed by atoms with Crippen molar-refractivity contribution < 1.29 is 9.90 Å². The molecule has 8 nitrogen and oxygen atoms in total. The maximum Gasteiger partial charge on any atom is 0.252 e. The summed E-state index contributed by atoms with van der Waals surface area (Å²) in [6, 6.07) is 4.16. The van der Waals surface area contributed by atoms with Gasteiger partial charge < -0.3 is 10.8 Å². The number of benzene rings is 1. The number of nitrogens with zero attached hydrogens (tertiary/aromatic N) is 5. The molecule has 0 spiro atoms. The smallest absolute Gasteiger partial charge is 0.252 e. The molecule has 0 atom stereocenters. The van der Waals surface area contributed by atoms with Crippen molar-refractivity contribution in [2.24, 2.45) is 16.0 Å². The Labute approximate surface area is 133 Å². The third kappa shape index (κ3) is 2.70. The number of carbonyl (C=O) groups is 1. The van der Waals surface area contributed by atoms with E-state index in [0.29, 0.717) is 27.3 Å². The molecule has 112 valence electrons. The Bertz CT molecular complexity index is 989. The first-order chi connectivity index (χ1) is 11.1. The van der Waals surface area contributed by atoms with E-state index in [4.69, 9.17) is 12.3 Å². The number of fused-ring (bicyclic) bond motifs is 1. The van der Waals surface area contributed by atoms with Gasteiger partial charge in [0.15, 0.2) is 5.00 Å². The summed E-state index contributed by atoms with van der Waals surface area (Å²) >= 11 is 1.09. The minimum atomic E-state index is -0.756. The second kappa shape index (κ2) is 5.78. The highest BCUT2D eigenvalue weighted by molar-refractivity contribution is 7.11. The van der Waals surface area contributed by atoms with Gasteiger partial charge in [0.1, 0.15) is 5.75 Å². The highest BCUT2D eigenvalue weighted by Crippen LogP contribution is 2.35. The van der Waals surface area contributed by atoms with E-state index in [1.54, 1.807) is 6.20 Å². The molecule has 2 heterocycles. The molecule has 0 aliphatic carbocycles. The summed E-state index contributed by atoms with van der Waals surface area (Å²) in [6.45, 7) is 7.08. The molecule has 9 heteroatoms. The van der Waals surface area contributed by atoms with Crippen molar-refractivity contribution in [3.05, 3.63) is 47.6 Å². The van der Waals surface area contributed by atoms with Crippen LogP contribution in [0.3, 0.4) is 0 Å². The minimum Gasteiger partial charge on any atom is -0.507 e. The Morgan fingerprint density at radius 1 is 1.35 bits per heavy atom. The molecule has 0 saturated carbocycles. The van der Waals surface area contributed by atoms with Crippen LogP contribution in [0.2, 0.25) is 0 Å². The number of phenols is 1. The number of aromatic hydroxyl groups is 1. The Morgan fingerprint density at radius 3 is 2.91 bits per heavy atom. The van der Waals surface area contributed by atoms with Crippen LogP contribution in [-0.2, 0) is 0 Å². The maximum absolute atomic E-state index is 11.2. The molecule has 0 fully saturated rings. The lowest BCUT2D eigenvalue weighted by atomic mass is 10.2. The van der Waals surface area contributed by atoms with Crippen LogP contribution in [0, 0.1) is 6.57 Å². The van der Waals surface area contributed by atoms with Gasteiger partial charge in [0.25, 0.3) is 5.91 Å². The number of rotatable bonds is 3. The van der Waals surface area contributed by atoms with E-state index in [2.05, 4.69) is 24.4 Å². The Kier molecular flexibility index (Phi) is 3.66. The molecule has 2 aromatic heterocycles. The van der Waals surface area contributed by atoms with Gasteiger partial charge in [-0.2, -0.15) is 0 Å². The first-order valence-corrected chi connectivity index (χ1v) is 7.03. The average Bonchev–Trinajstić information content (AvgIpc) is 2.97. The SMILES string of the molecule is [C-]#[N+]c1cncc2c(N=Nc3ccc(O)c(C(N)=O)c3)snc12. The first-order valence-electron chi connectivity index (χ1n) is 6.25. The standard InChI is InChI=1S/C14H8N6O2S/c1-16-10-6-17-5-9-12(10)20-23-14(9)19-18-7-2-3-11(21)8(4-7)13(15)22/h2-6,21H,(H2,15,22). The predicted molar refractivity (Wildman–Crippen MR) is 84.5 cm³/mol. The van der Waals surface area contributed by atoms with Crippen molar-refractivity contribution in [2.45, 2.75) is 0 Å². The van der Waals surface area contributed by atoms with Crippen molar-refractivity contribution in [3.8, 4) is 5.75 Å². The van der Waals surface area contributed by atoms with Gasteiger partial charge >= 0.3 is 0 Å². The van der Waals surface area contributed by atoms with E-state index in [-0.39, 0.29) is 11.3 Å². The lowest BCUT2D eigenvalue weighted by Crippen LogP contribution is -2.10. The molecule has 0 bridgehead atoms. The topological polar surface area (TPSA) is 118 Å². The van der Waals surface area contributed by atoms with Crippen LogP contribution in [0.4, 0.5) is 16.4 Å². The van der Waals surface area contributed by atoms with E-state index in [1.807, 2.05) is 0 Å². The Hall–Kier alpha value is -3.38. The lowest BCUT2D eigenvalue weighted by Gasteiger charge is -2.00. The van der Waals surface area contributed by atoms with Gasteiger partial charge in [-0.25, -0.2) is 9.22 Å². The number of amides is 1. The molecule has 0 saturated heterocycles. The molecule has 1 aromatic carbocycles. The zero-order valence-electron chi connectivity index (χ0n) is 11.5. The van der Waals surface area contributed by atoms with Crippen LogP contribution in [0.15, 0.2) is 40.8 Å². The first kappa shape index (κ1) is 14.6. The van der Waals surface area contributed by atoms with Gasteiger partial charge in [-0.1, -0.05) is 0 Å². The molecule has 0 unspecified atom stereocenters. The summed E-state index contributed by atoms with van der Waals surface area (Å²) in [5, 5.41) is 18.7. The summed E-state index contributed by atoms with van der Waals surface area (Å²) in [4.78, 5) is 18.5. The summed E-state index contributed by atoms with van der Waals surface area (Å²) in [5.41, 5.74) is 6.36. The molecular weight excluding hydrogens is 316 g/mol. The maximum atomic E-state index is 11.2. The van der Waals surface area contributed by atoms with E-state index < -0.39 is 5.91 Å². The highest BCUT2D eigenvalue weighted by atomic mass is 32.1. The fourth-order valence-corrected chi connectivity index (χ4v) is 2.57. The number of hydrogen-bond donors (Lipinski definition) is 2. The minimum absolute atomic E-state index is 0.0347. The molecule has 23 heavy (non-hydrogen) atoms. The Balaban J connectivity index is 2.00. The van der Waals surface area contributed by atoms with E-state index in [0.717, 1.165) is 11.5 Å². The molecule has 0 aliphatic rings. The van der Waals surface area contributed by atoms with Crippen LogP contribution in [-0.4, -0.2) is 20.4 Å². The fraction of sp³-hybridized carbons (Fsp3) is 0. The lowest BCUT2D eigenvalue weighted by molar-refractivity contribution is 0.0998. The molecule has 3 aromatic rings. The second-order valence-electron chi connectivity index (χ2n) is 4.42. The van der Waals surface area contributed by atoms with Gasteiger partial charge in [0.2, 0.25) is 5.69 Å². The van der Waals surface area contributed by atoms with Crippen LogP contribution >= 0.6 is 11.5 Å². The molecule has 1 amide bonds. The summed E-state index contributed by atoms with van der Waals surface area (Å²) in [7, 11) is 0. The Morgan fingerprint density at radius 2 is 2.17 bits per heavy atom. The molecular formula is C14H8N6O2S. The van der Waals surface area contributed by atoms with Crippen molar-refractivity contribution in [1.82, 2.24) is 9.36 Å². The largest absolute Gasteiger partial charge is 0.507 e. The van der Waals surface area contributed by atoms with Gasteiger partial charge in [-0.05, 0) is 29.7 Å². The summed E-state index contributed by atoms with van der Waals surface area (Å²) in [5.74, 6) is -0.973. The van der Waals surface area contributed by atoms with Crippen LogP contribution in [0.5, 0.6) is 5.75 Å². The monoisotopic (exact) mass is 324 g/mol. The number of pyridine rings is 1. The number of azo groups is 1. The predicted octanol–water partition coefficient (Wildman–Crippen LogP) is 3.46. The molecule has 0 aliphatic heterocycles. The van der Waals surface area contributed by atoms with Gasteiger partial charge in [-0.3, -0.25) is 9.78 Å². The van der Waals surface area contributed by atoms with Crippen molar-refractivity contribution in [1.29, 1.82) is 0 Å². The third-order valence-electron chi connectivity index (χ3n) is 2.97. The van der Waals surface area contributed by atoms with Crippen LogP contribution in [0.25, 0.3) is 15.7 Å². The van der Waals surface area contributed by atoms with E-state index >= 15 is 0 Å². The molecule has 0 radical (unpaired) electrons. The number of primary amides is 1. The fourth-order valence-electron chi connectivity index (χ4n) is 1.87. The normalized spacial score (nSPS) is 10.9. The number of nitrogens with two attached hydrogens (primary N) is 1. The zero-order valence-corrected chi connectivity index (χ0v) is 12.3. The second-order valence-corrected chi connectivity index (χ2v) is 5.17. The van der Waals surface area contributed by atoms with Gasteiger partial charge in [0, 0.05) is 17.8 Å². The third-order valence-corrected chi connectivity index (χ3v) is 3.72. The molecule has 3 N–H and O–H groups in total.